The standard InChI is InChI=1S/C18H31N3/c1-5-7-17-11-20-16(10-14(2)3)12-21(17)13-18-15(4)8-6-9-19-18/h6,8-9,14,16-17,20H,5,7,10-13H2,1-4H3. The first-order valence-corrected chi connectivity index (χ1v) is 8.48. The van der Waals surface area contributed by atoms with Crippen molar-refractivity contribution < 1.29 is 0 Å². The van der Waals surface area contributed by atoms with Crippen LogP contribution >= 0.6 is 0 Å². The number of piperazine rings is 1. The highest BCUT2D eigenvalue weighted by Gasteiger charge is 2.28. The summed E-state index contributed by atoms with van der Waals surface area (Å²) >= 11 is 0. The minimum Gasteiger partial charge on any atom is -0.311 e. The Hall–Kier alpha value is -0.930. The molecule has 2 unspecified atom stereocenters. The number of nitrogens with one attached hydrogen (secondary N) is 1. The molecule has 118 valence electrons. The second-order valence-corrected chi connectivity index (χ2v) is 6.87. The molecule has 2 atom stereocenters. The molecule has 21 heavy (non-hydrogen) atoms. The third-order valence-corrected chi connectivity index (χ3v) is 4.46. The first-order chi connectivity index (χ1) is 10.1. The van der Waals surface area contributed by atoms with Crippen LogP contribution in [0.1, 0.15) is 51.3 Å². The minimum atomic E-state index is 0.627. The van der Waals surface area contributed by atoms with Gasteiger partial charge in [-0.2, -0.15) is 0 Å². The fraction of sp³-hybridized carbons (Fsp3) is 0.722. The van der Waals surface area contributed by atoms with Crippen LogP contribution in [0.3, 0.4) is 0 Å². The lowest BCUT2D eigenvalue weighted by atomic mass is 9.98. The summed E-state index contributed by atoms with van der Waals surface area (Å²) in [4.78, 5) is 7.25. The predicted molar refractivity (Wildman–Crippen MR) is 89.3 cm³/mol. The van der Waals surface area contributed by atoms with Crippen molar-refractivity contribution in [2.45, 2.75) is 65.6 Å². The van der Waals surface area contributed by atoms with E-state index >= 15 is 0 Å². The van der Waals surface area contributed by atoms with E-state index in [9.17, 15) is 0 Å². The van der Waals surface area contributed by atoms with Gasteiger partial charge in [0.05, 0.1) is 5.69 Å². The zero-order chi connectivity index (χ0) is 15.2. The summed E-state index contributed by atoms with van der Waals surface area (Å²) in [6.45, 7) is 12.3. The predicted octanol–water partition coefficient (Wildman–Crippen LogP) is 3.38. The first-order valence-electron chi connectivity index (χ1n) is 8.48. The summed E-state index contributed by atoms with van der Waals surface area (Å²) in [5, 5.41) is 3.75. The molecular weight excluding hydrogens is 258 g/mol. The Morgan fingerprint density at radius 2 is 2.24 bits per heavy atom. The number of hydrogen-bond acceptors (Lipinski definition) is 3. The first kappa shape index (κ1) is 16.4. The van der Waals surface area contributed by atoms with Crippen LogP contribution in [0, 0.1) is 12.8 Å². The van der Waals surface area contributed by atoms with Crippen LogP contribution < -0.4 is 5.32 Å². The third kappa shape index (κ3) is 4.79. The molecule has 3 heteroatoms. The van der Waals surface area contributed by atoms with Gasteiger partial charge in [0.25, 0.3) is 0 Å². The maximum absolute atomic E-state index is 4.59. The van der Waals surface area contributed by atoms with E-state index in [2.05, 4.69) is 49.0 Å². The van der Waals surface area contributed by atoms with Crippen LogP contribution in [0.2, 0.25) is 0 Å². The van der Waals surface area contributed by atoms with Crippen molar-refractivity contribution in [1.82, 2.24) is 15.2 Å². The Morgan fingerprint density at radius 3 is 2.90 bits per heavy atom. The topological polar surface area (TPSA) is 28.2 Å². The normalized spacial score (nSPS) is 23.7. The average molecular weight is 289 g/mol. The minimum absolute atomic E-state index is 0.627. The Balaban J connectivity index is 2.05. The molecule has 1 aliphatic heterocycles. The smallest absolute Gasteiger partial charge is 0.0573 e. The molecule has 2 rings (SSSR count). The summed E-state index contributed by atoms with van der Waals surface area (Å²) in [7, 11) is 0. The highest BCUT2D eigenvalue weighted by atomic mass is 15.2. The van der Waals surface area contributed by atoms with Gasteiger partial charge in [0.2, 0.25) is 0 Å². The zero-order valence-electron chi connectivity index (χ0n) is 14.1. The summed E-state index contributed by atoms with van der Waals surface area (Å²) in [6.07, 6.45) is 5.70. The van der Waals surface area contributed by atoms with Crippen molar-refractivity contribution in [2.24, 2.45) is 5.92 Å². The van der Waals surface area contributed by atoms with Crippen molar-refractivity contribution in [3.63, 3.8) is 0 Å². The molecule has 0 saturated carbocycles. The molecule has 3 nitrogen and oxygen atoms in total. The van der Waals surface area contributed by atoms with Crippen LogP contribution in [-0.2, 0) is 6.54 Å². The summed E-state index contributed by atoms with van der Waals surface area (Å²) in [5.41, 5.74) is 2.55. The number of rotatable bonds is 6. The Morgan fingerprint density at radius 1 is 1.43 bits per heavy atom. The number of hydrogen-bond donors (Lipinski definition) is 1. The lowest BCUT2D eigenvalue weighted by Gasteiger charge is -2.41. The number of pyridine rings is 1. The molecule has 0 bridgehead atoms. The molecule has 1 aliphatic rings. The van der Waals surface area contributed by atoms with Crippen molar-refractivity contribution in [3.05, 3.63) is 29.6 Å². The fourth-order valence-electron chi connectivity index (χ4n) is 3.34. The lowest BCUT2D eigenvalue weighted by Crippen LogP contribution is -2.56. The SMILES string of the molecule is CCCC1CNC(CC(C)C)CN1Cc1ncccc1C. The van der Waals surface area contributed by atoms with Gasteiger partial charge in [0.15, 0.2) is 0 Å². The van der Waals surface area contributed by atoms with E-state index in [1.54, 1.807) is 0 Å². The van der Waals surface area contributed by atoms with Gasteiger partial charge < -0.3 is 5.32 Å². The third-order valence-electron chi connectivity index (χ3n) is 4.46. The average Bonchev–Trinajstić information content (AvgIpc) is 2.44. The molecule has 2 heterocycles. The van der Waals surface area contributed by atoms with E-state index < -0.39 is 0 Å². The second-order valence-electron chi connectivity index (χ2n) is 6.87. The number of nitrogens with zero attached hydrogens (tertiary/aromatic N) is 2. The van der Waals surface area contributed by atoms with Crippen molar-refractivity contribution >= 4 is 0 Å². The van der Waals surface area contributed by atoms with E-state index in [1.165, 1.54) is 30.5 Å². The van der Waals surface area contributed by atoms with E-state index in [-0.39, 0.29) is 0 Å². The molecule has 0 spiro atoms. The Labute approximate surface area is 130 Å². The van der Waals surface area contributed by atoms with E-state index in [1.807, 2.05) is 12.3 Å². The largest absolute Gasteiger partial charge is 0.311 e. The Kier molecular flexibility index (Phi) is 6.19. The molecule has 0 amide bonds. The van der Waals surface area contributed by atoms with Gasteiger partial charge in [-0.15, -0.1) is 0 Å². The molecule has 1 N–H and O–H groups in total. The summed E-state index contributed by atoms with van der Waals surface area (Å²) in [5.74, 6) is 0.753. The van der Waals surface area contributed by atoms with Gasteiger partial charge in [0, 0.05) is 37.9 Å². The van der Waals surface area contributed by atoms with E-state index in [0.29, 0.717) is 12.1 Å². The van der Waals surface area contributed by atoms with Crippen LogP contribution in [0.25, 0.3) is 0 Å². The van der Waals surface area contributed by atoms with Gasteiger partial charge in [-0.25, -0.2) is 0 Å². The highest BCUT2D eigenvalue weighted by Crippen LogP contribution is 2.19. The van der Waals surface area contributed by atoms with Gasteiger partial charge in [-0.05, 0) is 37.3 Å². The molecule has 1 saturated heterocycles. The van der Waals surface area contributed by atoms with Crippen molar-refractivity contribution in [2.75, 3.05) is 13.1 Å². The Bertz CT molecular complexity index is 430. The van der Waals surface area contributed by atoms with Gasteiger partial charge >= 0.3 is 0 Å². The maximum Gasteiger partial charge on any atom is 0.0573 e. The molecular formula is C18H31N3. The molecule has 0 aliphatic carbocycles. The summed E-state index contributed by atoms with van der Waals surface area (Å²) in [6, 6.07) is 5.48. The molecule has 0 aromatic carbocycles. The van der Waals surface area contributed by atoms with Crippen LogP contribution in [0.5, 0.6) is 0 Å². The van der Waals surface area contributed by atoms with Crippen LogP contribution in [-0.4, -0.2) is 35.1 Å². The van der Waals surface area contributed by atoms with Crippen LogP contribution in [0.4, 0.5) is 0 Å². The van der Waals surface area contributed by atoms with E-state index in [0.717, 1.165) is 25.6 Å². The fourth-order valence-corrected chi connectivity index (χ4v) is 3.34. The quantitative estimate of drug-likeness (QED) is 0.870. The van der Waals surface area contributed by atoms with Gasteiger partial charge in [-0.3, -0.25) is 9.88 Å². The van der Waals surface area contributed by atoms with Crippen LogP contribution in [0.15, 0.2) is 18.3 Å². The zero-order valence-corrected chi connectivity index (χ0v) is 14.1. The monoisotopic (exact) mass is 289 g/mol. The molecule has 0 radical (unpaired) electrons. The summed E-state index contributed by atoms with van der Waals surface area (Å²) < 4.78 is 0. The highest BCUT2D eigenvalue weighted by molar-refractivity contribution is 5.17. The second kappa shape index (κ2) is 7.90. The maximum atomic E-state index is 4.59. The molecule has 1 fully saturated rings. The van der Waals surface area contributed by atoms with Gasteiger partial charge in [0.1, 0.15) is 0 Å². The molecule has 1 aromatic rings. The van der Waals surface area contributed by atoms with E-state index in [4.69, 9.17) is 0 Å². The lowest BCUT2D eigenvalue weighted by molar-refractivity contribution is 0.106. The van der Waals surface area contributed by atoms with Gasteiger partial charge in [-0.1, -0.05) is 33.3 Å². The molecule has 1 aromatic heterocycles. The number of aromatic nitrogens is 1. The van der Waals surface area contributed by atoms with Crippen molar-refractivity contribution in [1.29, 1.82) is 0 Å². The number of aryl methyl sites for hydroxylation is 1. The van der Waals surface area contributed by atoms with Crippen molar-refractivity contribution in [3.8, 4) is 0 Å².